The Kier molecular flexibility index (Phi) is 5.19. The van der Waals surface area contributed by atoms with Crippen LogP contribution in [0.2, 0.25) is 0 Å². The summed E-state index contributed by atoms with van der Waals surface area (Å²) in [7, 11) is 1.93. The molecule has 3 aromatic rings. The molecule has 0 unspecified atom stereocenters. The predicted octanol–water partition coefficient (Wildman–Crippen LogP) is 2.21. The van der Waals surface area contributed by atoms with Crippen LogP contribution in [0.5, 0.6) is 0 Å². The molecule has 0 aliphatic carbocycles. The largest absolute Gasteiger partial charge is 0.378 e. The summed E-state index contributed by atoms with van der Waals surface area (Å²) in [6, 6.07) is 8.39. The quantitative estimate of drug-likeness (QED) is 0.710. The van der Waals surface area contributed by atoms with E-state index in [9.17, 15) is 0 Å². The summed E-state index contributed by atoms with van der Waals surface area (Å²) in [6.45, 7) is 7.14. The van der Waals surface area contributed by atoms with Crippen LogP contribution in [0.1, 0.15) is 25.2 Å². The van der Waals surface area contributed by atoms with Gasteiger partial charge in [0.2, 0.25) is 11.9 Å². The van der Waals surface area contributed by atoms with Gasteiger partial charge >= 0.3 is 0 Å². The molecule has 1 fully saturated rings. The summed E-state index contributed by atoms with van der Waals surface area (Å²) in [6.07, 6.45) is 4.69. The highest BCUT2D eigenvalue weighted by Gasteiger charge is 2.28. The average Bonchev–Trinajstić information content (AvgIpc) is 3.14. The van der Waals surface area contributed by atoms with Gasteiger partial charge in [0.05, 0.1) is 19.4 Å². The van der Waals surface area contributed by atoms with E-state index >= 15 is 0 Å². The molecule has 0 atom stereocenters. The van der Waals surface area contributed by atoms with E-state index in [1.54, 1.807) is 0 Å². The van der Waals surface area contributed by atoms with E-state index in [1.165, 1.54) is 11.1 Å². The van der Waals surface area contributed by atoms with E-state index < -0.39 is 0 Å². The first-order valence-electron chi connectivity index (χ1n) is 9.84. The lowest BCUT2D eigenvalue weighted by Gasteiger charge is -2.29. The second-order valence-corrected chi connectivity index (χ2v) is 8.04. The van der Waals surface area contributed by atoms with Crippen molar-refractivity contribution in [3.8, 4) is 11.1 Å². The Balaban J connectivity index is 1.65. The maximum atomic E-state index is 6.05. The normalized spacial score (nSPS) is 14.9. The van der Waals surface area contributed by atoms with Crippen molar-refractivity contribution >= 4 is 11.9 Å². The van der Waals surface area contributed by atoms with Crippen LogP contribution in [0.3, 0.4) is 0 Å². The van der Waals surface area contributed by atoms with Crippen molar-refractivity contribution in [2.75, 3.05) is 36.9 Å². The highest BCUT2D eigenvalue weighted by atomic mass is 16.5. The van der Waals surface area contributed by atoms with Crippen LogP contribution < -0.4 is 10.6 Å². The van der Waals surface area contributed by atoms with E-state index in [1.807, 2.05) is 24.1 Å². The van der Waals surface area contributed by atoms with Crippen LogP contribution in [0, 0.1) is 0 Å². The summed E-state index contributed by atoms with van der Waals surface area (Å²) < 4.78 is 7.25. The van der Waals surface area contributed by atoms with Crippen molar-refractivity contribution in [2.45, 2.75) is 25.7 Å². The predicted molar refractivity (Wildman–Crippen MR) is 113 cm³/mol. The summed E-state index contributed by atoms with van der Waals surface area (Å²) in [5, 5.41) is 4.32. The molecule has 0 saturated carbocycles. The maximum Gasteiger partial charge on any atom is 0.230 e. The summed E-state index contributed by atoms with van der Waals surface area (Å²) in [5.74, 6) is 1.59. The van der Waals surface area contributed by atoms with Crippen molar-refractivity contribution < 1.29 is 4.74 Å². The molecule has 0 bridgehead atoms. The van der Waals surface area contributed by atoms with Gasteiger partial charge in [-0.1, -0.05) is 38.1 Å². The Hall–Kier alpha value is -3.00. The average molecular weight is 393 g/mol. The Bertz CT molecular complexity index is 992. The molecule has 1 aliphatic rings. The lowest BCUT2D eigenvalue weighted by molar-refractivity contribution is 0.122. The van der Waals surface area contributed by atoms with Crippen molar-refractivity contribution in [1.29, 1.82) is 0 Å². The number of nitrogens with two attached hydrogens (primary N) is 1. The van der Waals surface area contributed by atoms with Crippen molar-refractivity contribution in [2.24, 2.45) is 7.05 Å². The molecule has 1 aromatic carbocycles. The summed E-state index contributed by atoms with van der Waals surface area (Å²) in [5.41, 5.74) is 9.22. The second-order valence-electron chi connectivity index (χ2n) is 8.04. The highest BCUT2D eigenvalue weighted by Crippen LogP contribution is 2.31. The van der Waals surface area contributed by atoms with Gasteiger partial charge in [0.15, 0.2) is 0 Å². The lowest BCUT2D eigenvalue weighted by Crippen LogP contribution is -2.38. The van der Waals surface area contributed by atoms with Crippen LogP contribution in [-0.2, 0) is 23.6 Å². The molecule has 29 heavy (non-hydrogen) atoms. The first-order chi connectivity index (χ1) is 13.9. The van der Waals surface area contributed by atoms with E-state index in [2.05, 4.69) is 58.1 Å². The molecule has 1 aliphatic heterocycles. The van der Waals surface area contributed by atoms with Gasteiger partial charge in [0, 0.05) is 37.3 Å². The number of hydrogen-bond donors (Lipinski definition) is 1. The first-order valence-corrected chi connectivity index (χ1v) is 9.84. The number of hydrogen-bond acceptors (Lipinski definition) is 7. The van der Waals surface area contributed by atoms with Gasteiger partial charge in [-0.05, 0) is 17.5 Å². The van der Waals surface area contributed by atoms with Crippen LogP contribution >= 0.6 is 0 Å². The third-order valence-corrected chi connectivity index (χ3v) is 5.21. The SMILES string of the molecule is Cn1cc(-c2ccccc2CC(C)(C)c2nc(N)nc(N3CCOCC3)n2)cn1. The van der Waals surface area contributed by atoms with E-state index in [0.29, 0.717) is 25.0 Å². The Morgan fingerprint density at radius 3 is 2.59 bits per heavy atom. The van der Waals surface area contributed by atoms with Crippen LogP contribution in [0.25, 0.3) is 11.1 Å². The topological polar surface area (TPSA) is 95.0 Å². The fourth-order valence-corrected chi connectivity index (χ4v) is 3.66. The van der Waals surface area contributed by atoms with Gasteiger partial charge in [-0.15, -0.1) is 0 Å². The minimum atomic E-state index is -0.323. The second kappa shape index (κ2) is 7.79. The van der Waals surface area contributed by atoms with Crippen LogP contribution in [-0.4, -0.2) is 51.0 Å². The number of anilines is 2. The van der Waals surface area contributed by atoms with Crippen LogP contribution in [0.4, 0.5) is 11.9 Å². The Labute approximate surface area is 170 Å². The Morgan fingerprint density at radius 1 is 1.10 bits per heavy atom. The van der Waals surface area contributed by atoms with E-state index in [0.717, 1.165) is 25.1 Å². The lowest BCUT2D eigenvalue weighted by atomic mass is 9.82. The molecule has 1 saturated heterocycles. The number of aryl methyl sites for hydroxylation is 1. The van der Waals surface area contributed by atoms with Crippen molar-refractivity contribution in [3.05, 3.63) is 48.0 Å². The number of morpholine rings is 1. The number of benzene rings is 1. The molecule has 8 heteroatoms. The minimum absolute atomic E-state index is 0.255. The standard InChI is InChI=1S/C21H27N7O/c1-21(2,12-15-6-4-5-7-17(15)16-13-23-27(3)14-16)18-24-19(22)26-20(25-18)28-8-10-29-11-9-28/h4-7,13-14H,8-12H2,1-3H3,(H2,22,24,25,26). The van der Waals surface area contributed by atoms with Crippen molar-refractivity contribution in [1.82, 2.24) is 24.7 Å². The summed E-state index contributed by atoms with van der Waals surface area (Å²) in [4.78, 5) is 15.7. The van der Waals surface area contributed by atoms with Gasteiger partial charge in [-0.25, -0.2) is 0 Å². The van der Waals surface area contributed by atoms with Gasteiger partial charge in [0.25, 0.3) is 0 Å². The van der Waals surface area contributed by atoms with E-state index in [4.69, 9.17) is 15.5 Å². The maximum absolute atomic E-state index is 6.05. The number of nitrogen functional groups attached to an aromatic ring is 1. The Morgan fingerprint density at radius 2 is 1.86 bits per heavy atom. The fourth-order valence-electron chi connectivity index (χ4n) is 3.66. The van der Waals surface area contributed by atoms with Gasteiger partial charge in [0.1, 0.15) is 5.82 Å². The molecule has 4 rings (SSSR count). The molecule has 152 valence electrons. The molecular weight excluding hydrogens is 366 g/mol. The monoisotopic (exact) mass is 393 g/mol. The molecule has 0 radical (unpaired) electrons. The first kappa shape index (κ1) is 19.3. The third kappa shape index (κ3) is 4.22. The molecule has 8 nitrogen and oxygen atoms in total. The number of aromatic nitrogens is 5. The number of nitrogens with zero attached hydrogens (tertiary/aromatic N) is 6. The fraction of sp³-hybridized carbons (Fsp3) is 0.429. The van der Waals surface area contributed by atoms with E-state index in [-0.39, 0.29) is 11.4 Å². The molecular formula is C21H27N7O. The van der Waals surface area contributed by atoms with Gasteiger partial charge in [-0.3, -0.25) is 4.68 Å². The molecule has 0 spiro atoms. The van der Waals surface area contributed by atoms with Gasteiger partial charge < -0.3 is 15.4 Å². The zero-order valence-corrected chi connectivity index (χ0v) is 17.2. The van der Waals surface area contributed by atoms with Crippen LogP contribution in [0.15, 0.2) is 36.7 Å². The van der Waals surface area contributed by atoms with Gasteiger partial charge in [-0.2, -0.15) is 20.1 Å². The minimum Gasteiger partial charge on any atom is -0.378 e. The molecule has 2 N–H and O–H groups in total. The smallest absolute Gasteiger partial charge is 0.230 e. The molecule has 0 amide bonds. The number of rotatable bonds is 5. The highest BCUT2D eigenvalue weighted by molar-refractivity contribution is 5.66. The zero-order chi connectivity index (χ0) is 20.4. The zero-order valence-electron chi connectivity index (χ0n) is 17.2. The summed E-state index contributed by atoms with van der Waals surface area (Å²) >= 11 is 0. The molecule has 3 heterocycles. The molecule has 2 aromatic heterocycles. The number of ether oxygens (including phenoxy) is 1. The third-order valence-electron chi connectivity index (χ3n) is 5.21. The van der Waals surface area contributed by atoms with Crippen molar-refractivity contribution in [3.63, 3.8) is 0 Å².